The Labute approximate surface area is 73.7 Å². The largest absolute Gasteiger partial charge is 0.395 e. The molecule has 0 unspecified atom stereocenters. The minimum atomic E-state index is -0.502. The molecule has 70 valence electrons. The van der Waals surface area contributed by atoms with E-state index in [9.17, 15) is 10.1 Å². The van der Waals surface area contributed by atoms with Crippen LogP contribution in [0.5, 0.6) is 0 Å². The molecule has 13 heavy (non-hydrogen) atoms. The highest BCUT2D eigenvalue weighted by molar-refractivity contribution is 5.41. The molecular formula is C7H9N3O3. The van der Waals surface area contributed by atoms with Gasteiger partial charge >= 0.3 is 5.82 Å². The van der Waals surface area contributed by atoms with Gasteiger partial charge in [0, 0.05) is 5.41 Å². The fraction of sp³-hybridized carbons (Fsp3) is 0.571. The summed E-state index contributed by atoms with van der Waals surface area (Å²) in [5.74, 6) is -0.0912. The molecule has 1 aromatic rings. The molecule has 0 saturated heterocycles. The smallest absolute Gasteiger partial charge is 0.346 e. The number of hydrogen-bond donors (Lipinski definition) is 2. The molecule has 1 aliphatic carbocycles. The summed E-state index contributed by atoms with van der Waals surface area (Å²) >= 11 is 0. The lowest BCUT2D eigenvalue weighted by Crippen LogP contribution is -2.12. The Balaban J connectivity index is 2.40. The molecule has 6 heteroatoms. The third-order valence-corrected chi connectivity index (χ3v) is 2.53. The van der Waals surface area contributed by atoms with Gasteiger partial charge in [-0.3, -0.25) is 0 Å². The van der Waals surface area contributed by atoms with Gasteiger partial charge in [0.15, 0.2) is 0 Å². The summed E-state index contributed by atoms with van der Waals surface area (Å²) in [6, 6.07) is 0. The highest BCUT2D eigenvalue weighted by Gasteiger charge is 2.48. The van der Waals surface area contributed by atoms with E-state index in [1.807, 2.05) is 0 Å². The van der Waals surface area contributed by atoms with Crippen molar-refractivity contribution in [3.63, 3.8) is 0 Å². The van der Waals surface area contributed by atoms with Gasteiger partial charge in [0.05, 0.1) is 18.4 Å². The second-order valence-corrected chi connectivity index (χ2v) is 3.33. The van der Waals surface area contributed by atoms with Crippen LogP contribution in [0, 0.1) is 10.1 Å². The summed E-state index contributed by atoms with van der Waals surface area (Å²) in [7, 11) is 0. The zero-order valence-electron chi connectivity index (χ0n) is 6.86. The zero-order valence-corrected chi connectivity index (χ0v) is 6.86. The number of nitro groups is 1. The molecule has 1 aliphatic rings. The van der Waals surface area contributed by atoms with E-state index in [-0.39, 0.29) is 12.4 Å². The quantitative estimate of drug-likeness (QED) is 0.522. The lowest BCUT2D eigenvalue weighted by Gasteiger charge is -2.07. The molecule has 2 N–H and O–H groups in total. The second-order valence-electron chi connectivity index (χ2n) is 3.33. The fourth-order valence-corrected chi connectivity index (χ4v) is 1.47. The van der Waals surface area contributed by atoms with E-state index in [2.05, 4.69) is 10.2 Å². The SMILES string of the molecule is O=[N+]([O-])c1[nH]ncc1C1(CO)CC1. The first-order valence-electron chi connectivity index (χ1n) is 3.99. The molecule has 0 spiro atoms. The van der Waals surface area contributed by atoms with Crippen LogP contribution in [0.15, 0.2) is 6.20 Å². The highest BCUT2D eigenvalue weighted by atomic mass is 16.6. The van der Waals surface area contributed by atoms with Crippen LogP contribution >= 0.6 is 0 Å². The molecule has 1 fully saturated rings. The van der Waals surface area contributed by atoms with Crippen molar-refractivity contribution in [1.29, 1.82) is 0 Å². The summed E-state index contributed by atoms with van der Waals surface area (Å²) in [5.41, 5.74) is 0.134. The van der Waals surface area contributed by atoms with Gasteiger partial charge in [-0.1, -0.05) is 5.10 Å². The van der Waals surface area contributed by atoms with E-state index in [1.165, 1.54) is 6.20 Å². The van der Waals surface area contributed by atoms with Gasteiger partial charge in [-0.05, 0) is 17.8 Å². The predicted molar refractivity (Wildman–Crippen MR) is 43.2 cm³/mol. The van der Waals surface area contributed by atoms with Crippen LogP contribution in [0.2, 0.25) is 0 Å². The van der Waals surface area contributed by atoms with Crippen LogP contribution in [-0.2, 0) is 5.41 Å². The number of nitrogens with one attached hydrogen (secondary N) is 1. The van der Waals surface area contributed by atoms with Crippen LogP contribution in [0.3, 0.4) is 0 Å². The molecule has 0 amide bonds. The van der Waals surface area contributed by atoms with Crippen molar-refractivity contribution in [2.75, 3.05) is 6.61 Å². The van der Waals surface area contributed by atoms with E-state index in [0.717, 1.165) is 12.8 Å². The maximum Gasteiger partial charge on any atom is 0.346 e. The highest BCUT2D eigenvalue weighted by Crippen LogP contribution is 2.49. The van der Waals surface area contributed by atoms with Gasteiger partial charge < -0.3 is 15.2 Å². The molecule has 0 atom stereocenters. The average molecular weight is 183 g/mol. The number of nitrogens with zero attached hydrogens (tertiary/aromatic N) is 2. The monoisotopic (exact) mass is 183 g/mol. The van der Waals surface area contributed by atoms with Crippen LogP contribution < -0.4 is 0 Å². The number of H-pyrrole nitrogens is 1. The summed E-state index contributed by atoms with van der Waals surface area (Å²) < 4.78 is 0. The Kier molecular flexibility index (Phi) is 1.59. The van der Waals surface area contributed by atoms with Gasteiger partial charge in [0.2, 0.25) is 0 Å². The van der Waals surface area contributed by atoms with Gasteiger partial charge in [-0.25, -0.2) is 0 Å². The summed E-state index contributed by atoms with van der Waals surface area (Å²) in [5, 5.41) is 25.5. The van der Waals surface area contributed by atoms with Gasteiger partial charge in [-0.15, -0.1) is 5.10 Å². The van der Waals surface area contributed by atoms with Crippen molar-refractivity contribution in [3.8, 4) is 0 Å². The molecule has 0 bridgehead atoms. The van der Waals surface area contributed by atoms with Crippen molar-refractivity contribution < 1.29 is 10.0 Å². The summed E-state index contributed by atoms with van der Waals surface area (Å²) in [6.07, 6.45) is 3.02. The predicted octanol–water partition coefficient (Wildman–Crippen LogP) is 0.342. The molecule has 1 heterocycles. The van der Waals surface area contributed by atoms with Crippen LogP contribution in [0.25, 0.3) is 0 Å². The Hall–Kier alpha value is -1.43. The van der Waals surface area contributed by atoms with E-state index in [0.29, 0.717) is 5.56 Å². The van der Waals surface area contributed by atoms with Crippen LogP contribution in [0.1, 0.15) is 18.4 Å². The normalized spacial score (nSPS) is 18.5. The Morgan fingerprint density at radius 3 is 2.92 bits per heavy atom. The first kappa shape index (κ1) is 8.18. The molecule has 1 saturated carbocycles. The van der Waals surface area contributed by atoms with Crippen molar-refractivity contribution >= 4 is 5.82 Å². The number of rotatable bonds is 3. The minimum absolute atomic E-state index is 0.0482. The molecule has 0 aromatic carbocycles. The number of hydrogen-bond acceptors (Lipinski definition) is 4. The van der Waals surface area contributed by atoms with Crippen molar-refractivity contribution in [1.82, 2.24) is 10.2 Å². The first-order chi connectivity index (χ1) is 6.19. The van der Waals surface area contributed by atoms with E-state index < -0.39 is 10.3 Å². The van der Waals surface area contributed by atoms with E-state index >= 15 is 0 Å². The summed E-state index contributed by atoms with van der Waals surface area (Å²) in [4.78, 5) is 10.0. The lowest BCUT2D eigenvalue weighted by molar-refractivity contribution is -0.390. The average Bonchev–Trinajstić information content (AvgIpc) is 2.74. The minimum Gasteiger partial charge on any atom is -0.395 e. The Morgan fingerprint density at radius 1 is 1.77 bits per heavy atom. The number of aliphatic hydroxyl groups is 1. The second kappa shape index (κ2) is 2.53. The molecule has 2 rings (SSSR count). The molecular weight excluding hydrogens is 174 g/mol. The molecule has 0 radical (unpaired) electrons. The standard InChI is InChI=1S/C7H9N3O3/c11-4-7(1-2-7)5-3-8-9-6(5)10(12)13/h3,11H,1-2,4H2,(H,8,9). The first-order valence-corrected chi connectivity index (χ1v) is 3.99. The molecule has 6 nitrogen and oxygen atoms in total. The molecule has 1 aromatic heterocycles. The number of aromatic nitrogens is 2. The van der Waals surface area contributed by atoms with Crippen molar-refractivity contribution in [3.05, 3.63) is 21.9 Å². The van der Waals surface area contributed by atoms with Crippen LogP contribution in [-0.4, -0.2) is 26.8 Å². The van der Waals surface area contributed by atoms with Crippen molar-refractivity contribution in [2.45, 2.75) is 18.3 Å². The maximum atomic E-state index is 10.5. The van der Waals surface area contributed by atoms with Gasteiger partial charge in [0.1, 0.15) is 0 Å². The maximum absolute atomic E-state index is 10.5. The van der Waals surface area contributed by atoms with Crippen molar-refractivity contribution in [2.24, 2.45) is 0 Å². The number of aliphatic hydroxyl groups excluding tert-OH is 1. The van der Waals surface area contributed by atoms with Gasteiger partial charge in [-0.2, -0.15) is 0 Å². The number of aromatic amines is 1. The fourth-order valence-electron chi connectivity index (χ4n) is 1.47. The zero-order chi connectivity index (χ0) is 9.47. The Bertz CT molecular complexity index is 343. The Morgan fingerprint density at radius 2 is 2.46 bits per heavy atom. The van der Waals surface area contributed by atoms with Crippen LogP contribution in [0.4, 0.5) is 5.82 Å². The lowest BCUT2D eigenvalue weighted by atomic mass is 10.0. The summed E-state index contributed by atoms with van der Waals surface area (Å²) in [6.45, 7) is -0.0482. The molecule has 0 aliphatic heterocycles. The van der Waals surface area contributed by atoms with E-state index in [1.54, 1.807) is 0 Å². The topological polar surface area (TPSA) is 92.0 Å². The third kappa shape index (κ3) is 1.10. The third-order valence-electron chi connectivity index (χ3n) is 2.53. The van der Waals surface area contributed by atoms with E-state index in [4.69, 9.17) is 5.11 Å². The van der Waals surface area contributed by atoms with Gasteiger partial charge in [0.25, 0.3) is 0 Å².